The summed E-state index contributed by atoms with van der Waals surface area (Å²) in [5.74, 6) is 0. The lowest BCUT2D eigenvalue weighted by atomic mass is 9.77. The number of nitrogens with zero attached hydrogens (tertiary/aromatic N) is 2. The molecule has 0 aliphatic rings. The molecule has 6 nitrogen and oxygen atoms in total. The Bertz CT molecular complexity index is 1630. The third kappa shape index (κ3) is 6.29. The van der Waals surface area contributed by atoms with Gasteiger partial charge in [0, 0.05) is 26.2 Å². The van der Waals surface area contributed by atoms with Crippen molar-refractivity contribution >= 4 is 46.7 Å². The molecule has 0 aliphatic heterocycles. The van der Waals surface area contributed by atoms with Crippen molar-refractivity contribution in [3.05, 3.63) is 119 Å². The van der Waals surface area contributed by atoms with Crippen molar-refractivity contribution in [2.75, 3.05) is 14.1 Å². The quantitative estimate of drug-likeness (QED) is 0.164. The first-order valence-electron chi connectivity index (χ1n) is 13.5. The van der Waals surface area contributed by atoms with Crippen LogP contribution in [0.25, 0.3) is 21.5 Å². The Labute approximate surface area is 236 Å². The van der Waals surface area contributed by atoms with Gasteiger partial charge in [-0.25, -0.2) is 0 Å². The molecule has 0 saturated heterocycles. The van der Waals surface area contributed by atoms with Crippen LogP contribution in [0.4, 0.5) is 0 Å². The maximum Gasteiger partial charge on any atom is 0.488 e. The van der Waals surface area contributed by atoms with Crippen LogP contribution in [0.1, 0.15) is 22.3 Å². The average Bonchev–Trinajstić information content (AvgIpc) is 2.93. The van der Waals surface area contributed by atoms with Crippen LogP contribution in [-0.4, -0.2) is 58.2 Å². The van der Waals surface area contributed by atoms with E-state index in [2.05, 4.69) is 58.3 Å². The van der Waals surface area contributed by atoms with Crippen molar-refractivity contribution in [1.29, 1.82) is 0 Å². The third-order valence-corrected chi connectivity index (χ3v) is 7.51. The number of hydrogen-bond acceptors (Lipinski definition) is 6. The zero-order valence-electron chi connectivity index (χ0n) is 22.9. The molecular formula is C32H34B2N2O4. The summed E-state index contributed by atoms with van der Waals surface area (Å²) in [6, 6.07) is 32.1. The molecule has 0 radical (unpaired) electrons. The Hall–Kier alpha value is -3.49. The molecule has 0 aromatic heterocycles. The lowest BCUT2D eigenvalue weighted by molar-refractivity contribution is 0.303. The lowest BCUT2D eigenvalue weighted by Crippen LogP contribution is -2.35. The van der Waals surface area contributed by atoms with E-state index in [9.17, 15) is 20.1 Å². The van der Waals surface area contributed by atoms with Gasteiger partial charge in [-0.2, -0.15) is 0 Å². The van der Waals surface area contributed by atoms with Gasteiger partial charge in [0.1, 0.15) is 0 Å². The van der Waals surface area contributed by atoms with E-state index < -0.39 is 14.2 Å². The van der Waals surface area contributed by atoms with Crippen molar-refractivity contribution in [1.82, 2.24) is 9.80 Å². The van der Waals surface area contributed by atoms with Gasteiger partial charge in [0.25, 0.3) is 0 Å². The first-order chi connectivity index (χ1) is 19.3. The molecular weight excluding hydrogens is 498 g/mol. The Morgan fingerprint density at radius 2 is 0.975 bits per heavy atom. The van der Waals surface area contributed by atoms with Gasteiger partial charge in [-0.1, -0.05) is 84.9 Å². The molecule has 202 valence electrons. The average molecular weight is 532 g/mol. The van der Waals surface area contributed by atoms with Crippen molar-refractivity contribution in [3.63, 3.8) is 0 Å². The van der Waals surface area contributed by atoms with Gasteiger partial charge in [0.15, 0.2) is 0 Å². The van der Waals surface area contributed by atoms with Crippen molar-refractivity contribution < 1.29 is 20.1 Å². The Balaban J connectivity index is 1.50. The molecule has 8 heteroatoms. The normalized spacial score (nSPS) is 11.6. The first-order valence-corrected chi connectivity index (χ1v) is 13.5. The summed E-state index contributed by atoms with van der Waals surface area (Å²) in [6.45, 7) is 2.48. The third-order valence-electron chi connectivity index (χ3n) is 7.51. The second-order valence-electron chi connectivity index (χ2n) is 10.6. The minimum absolute atomic E-state index is 0.517. The molecule has 0 saturated carbocycles. The second kappa shape index (κ2) is 12.4. The second-order valence-corrected chi connectivity index (χ2v) is 10.6. The fourth-order valence-electron chi connectivity index (χ4n) is 5.57. The predicted molar refractivity (Wildman–Crippen MR) is 164 cm³/mol. The minimum atomic E-state index is -1.52. The Morgan fingerprint density at radius 3 is 1.55 bits per heavy atom. The van der Waals surface area contributed by atoms with Gasteiger partial charge in [0.2, 0.25) is 0 Å². The van der Waals surface area contributed by atoms with Gasteiger partial charge >= 0.3 is 14.2 Å². The molecule has 5 aromatic carbocycles. The van der Waals surface area contributed by atoms with Gasteiger partial charge in [-0.3, -0.25) is 9.80 Å². The van der Waals surface area contributed by atoms with Crippen LogP contribution >= 0.6 is 0 Å². The summed E-state index contributed by atoms with van der Waals surface area (Å²) in [5, 5.41) is 44.1. The van der Waals surface area contributed by atoms with Crippen LogP contribution < -0.4 is 10.9 Å². The monoisotopic (exact) mass is 532 g/mol. The summed E-state index contributed by atoms with van der Waals surface area (Å²) in [7, 11) is 1.06. The van der Waals surface area contributed by atoms with Gasteiger partial charge in [-0.15, -0.1) is 0 Å². The molecule has 0 aliphatic carbocycles. The van der Waals surface area contributed by atoms with Gasteiger partial charge < -0.3 is 20.1 Å². The molecule has 0 amide bonds. The van der Waals surface area contributed by atoms with Crippen LogP contribution in [0.5, 0.6) is 0 Å². The van der Waals surface area contributed by atoms with Crippen LogP contribution in [0.2, 0.25) is 0 Å². The summed E-state index contributed by atoms with van der Waals surface area (Å²) < 4.78 is 0. The fourth-order valence-corrected chi connectivity index (χ4v) is 5.57. The van der Waals surface area contributed by atoms with E-state index in [4.69, 9.17) is 0 Å². The van der Waals surface area contributed by atoms with Crippen molar-refractivity contribution in [3.8, 4) is 0 Å². The van der Waals surface area contributed by atoms with Crippen LogP contribution in [0.3, 0.4) is 0 Å². The maximum absolute atomic E-state index is 9.87. The Kier molecular flexibility index (Phi) is 8.66. The van der Waals surface area contributed by atoms with E-state index in [1.165, 1.54) is 32.7 Å². The van der Waals surface area contributed by atoms with Crippen LogP contribution in [0, 0.1) is 0 Å². The molecule has 4 N–H and O–H groups in total. The molecule has 0 atom stereocenters. The summed E-state index contributed by atoms with van der Waals surface area (Å²) >= 11 is 0. The number of fused-ring (bicyclic) bond motifs is 2. The zero-order chi connectivity index (χ0) is 28.2. The highest BCUT2D eigenvalue weighted by molar-refractivity contribution is 6.59. The molecule has 0 spiro atoms. The SMILES string of the molecule is CN(Cc1ccccc1B(O)O)Cc1ccc2cc3ccccc3cc2c1CN(C)Cc1ccccc1B(O)O. The van der Waals surface area contributed by atoms with E-state index in [1.54, 1.807) is 12.1 Å². The minimum Gasteiger partial charge on any atom is -0.423 e. The van der Waals surface area contributed by atoms with E-state index in [0.717, 1.165) is 11.1 Å². The molecule has 5 aromatic rings. The topological polar surface area (TPSA) is 87.4 Å². The molecule has 0 heterocycles. The lowest BCUT2D eigenvalue weighted by Gasteiger charge is -2.25. The highest BCUT2D eigenvalue weighted by Gasteiger charge is 2.19. The molecule has 40 heavy (non-hydrogen) atoms. The first kappa shape index (κ1) is 28.1. The number of rotatable bonds is 10. The zero-order valence-corrected chi connectivity index (χ0v) is 22.9. The van der Waals surface area contributed by atoms with Crippen molar-refractivity contribution in [2.45, 2.75) is 26.2 Å². The number of hydrogen-bond donors (Lipinski definition) is 4. The van der Waals surface area contributed by atoms with E-state index in [0.29, 0.717) is 37.1 Å². The summed E-state index contributed by atoms with van der Waals surface area (Å²) in [5.41, 5.74) is 5.20. The summed E-state index contributed by atoms with van der Waals surface area (Å²) in [6.07, 6.45) is 0. The van der Waals surface area contributed by atoms with Crippen LogP contribution in [0.15, 0.2) is 97.1 Å². The predicted octanol–water partition coefficient (Wildman–Crippen LogP) is 2.62. The van der Waals surface area contributed by atoms with E-state index in [-0.39, 0.29) is 0 Å². The Morgan fingerprint density at radius 1 is 0.500 bits per heavy atom. The maximum atomic E-state index is 9.87. The molecule has 0 unspecified atom stereocenters. The standard InChI is InChI=1S/C32H34B2N2O4/c1-35(20-27-11-5-7-13-31(27)33(37)38)19-26-16-15-25-17-23-9-3-4-10-24(23)18-29(25)30(26)22-36(2)21-28-12-6-8-14-32(28)34(39)40/h3-18,37-40H,19-22H2,1-2H3. The molecule has 5 rings (SSSR count). The van der Waals surface area contributed by atoms with Gasteiger partial charge in [0.05, 0.1) is 0 Å². The largest absolute Gasteiger partial charge is 0.488 e. The highest BCUT2D eigenvalue weighted by atomic mass is 16.4. The molecule has 0 fully saturated rings. The van der Waals surface area contributed by atoms with Gasteiger partial charge in [-0.05, 0) is 81.0 Å². The van der Waals surface area contributed by atoms with E-state index in [1.807, 2.05) is 50.5 Å². The number of benzene rings is 5. The van der Waals surface area contributed by atoms with Crippen LogP contribution in [-0.2, 0) is 26.2 Å². The highest BCUT2D eigenvalue weighted by Crippen LogP contribution is 2.30. The fraction of sp³-hybridized carbons (Fsp3) is 0.188. The van der Waals surface area contributed by atoms with E-state index >= 15 is 0 Å². The smallest absolute Gasteiger partial charge is 0.423 e. The summed E-state index contributed by atoms with van der Waals surface area (Å²) in [4.78, 5) is 4.39. The van der Waals surface area contributed by atoms with Crippen molar-refractivity contribution in [2.24, 2.45) is 0 Å². The molecule has 0 bridgehead atoms.